The second kappa shape index (κ2) is 7.78. The van der Waals surface area contributed by atoms with Crippen molar-refractivity contribution < 1.29 is 17.9 Å². The molecule has 0 unspecified atom stereocenters. The molecule has 7 nitrogen and oxygen atoms in total. The lowest BCUT2D eigenvalue weighted by atomic mass is 10.2. The fourth-order valence-electron chi connectivity index (χ4n) is 2.74. The van der Waals surface area contributed by atoms with E-state index in [2.05, 4.69) is 11.4 Å². The van der Waals surface area contributed by atoms with Gasteiger partial charge in [-0.3, -0.25) is 4.79 Å². The number of carbonyl (C=O) groups excluding carboxylic acids is 1. The average molecular weight is 406 g/mol. The number of thiophene rings is 1. The van der Waals surface area contributed by atoms with E-state index in [0.29, 0.717) is 42.4 Å². The van der Waals surface area contributed by atoms with Crippen molar-refractivity contribution in [2.24, 2.45) is 0 Å². The van der Waals surface area contributed by atoms with Gasteiger partial charge < -0.3 is 10.1 Å². The largest absolute Gasteiger partial charge is 0.379 e. The Balaban J connectivity index is 1.78. The summed E-state index contributed by atoms with van der Waals surface area (Å²) < 4.78 is 31.8. The molecule has 1 amide bonds. The minimum atomic E-state index is -3.60. The summed E-state index contributed by atoms with van der Waals surface area (Å²) in [5.41, 5.74) is 1.63. The van der Waals surface area contributed by atoms with Gasteiger partial charge in [-0.25, -0.2) is 8.42 Å². The van der Waals surface area contributed by atoms with E-state index in [9.17, 15) is 18.5 Å². The number of hydrogen-bond acceptors (Lipinski definition) is 6. The highest BCUT2D eigenvalue weighted by molar-refractivity contribution is 7.89. The topological polar surface area (TPSA) is 99.5 Å². The Morgan fingerprint density at radius 2 is 1.85 bits per heavy atom. The van der Waals surface area contributed by atoms with Gasteiger partial charge in [0.25, 0.3) is 5.91 Å². The van der Waals surface area contributed by atoms with Crippen LogP contribution >= 0.6 is 11.3 Å². The number of morpholine rings is 1. The maximum absolute atomic E-state index is 12.6. The first-order valence-electron chi connectivity index (χ1n) is 8.34. The highest BCUT2D eigenvalue weighted by atomic mass is 32.2. The van der Waals surface area contributed by atoms with Crippen LogP contribution in [0.15, 0.2) is 29.2 Å². The Labute approximate surface area is 162 Å². The number of nitrogens with one attached hydrogen (secondary N) is 1. The number of nitriles is 1. The van der Waals surface area contributed by atoms with Crippen LogP contribution in [0.4, 0.5) is 5.00 Å². The quantitative estimate of drug-likeness (QED) is 0.842. The van der Waals surface area contributed by atoms with Crippen LogP contribution in [0.3, 0.4) is 0 Å². The molecule has 2 aromatic rings. The summed E-state index contributed by atoms with van der Waals surface area (Å²) in [7, 11) is -3.60. The third-order valence-corrected chi connectivity index (χ3v) is 7.48. The molecule has 0 saturated carbocycles. The van der Waals surface area contributed by atoms with E-state index < -0.39 is 10.0 Å². The monoisotopic (exact) mass is 405 g/mol. The van der Waals surface area contributed by atoms with Gasteiger partial charge >= 0.3 is 0 Å². The molecule has 1 fully saturated rings. The summed E-state index contributed by atoms with van der Waals surface area (Å²) in [6.07, 6.45) is 0. The lowest BCUT2D eigenvalue weighted by Gasteiger charge is -2.26. The van der Waals surface area contributed by atoms with E-state index >= 15 is 0 Å². The second-order valence-electron chi connectivity index (χ2n) is 6.09. The van der Waals surface area contributed by atoms with E-state index in [4.69, 9.17) is 4.74 Å². The molecule has 0 aliphatic carbocycles. The average Bonchev–Trinajstić information content (AvgIpc) is 2.95. The van der Waals surface area contributed by atoms with Crippen molar-refractivity contribution in [2.75, 3.05) is 31.6 Å². The SMILES string of the molecule is Cc1sc(NC(=O)c2ccc(S(=O)(=O)N3CCOCC3)cc2)c(C#N)c1C. The molecule has 0 spiro atoms. The third-order valence-electron chi connectivity index (χ3n) is 4.45. The van der Waals surface area contributed by atoms with Crippen LogP contribution in [0.1, 0.15) is 26.4 Å². The number of anilines is 1. The van der Waals surface area contributed by atoms with E-state index in [1.807, 2.05) is 13.8 Å². The minimum absolute atomic E-state index is 0.140. The summed E-state index contributed by atoms with van der Waals surface area (Å²) in [6.45, 7) is 5.12. The van der Waals surface area contributed by atoms with Gasteiger partial charge in [0.05, 0.1) is 23.7 Å². The molecule has 0 atom stereocenters. The van der Waals surface area contributed by atoms with Gasteiger partial charge in [0.2, 0.25) is 10.0 Å². The summed E-state index contributed by atoms with van der Waals surface area (Å²) >= 11 is 1.35. The van der Waals surface area contributed by atoms with Crippen LogP contribution in [0.25, 0.3) is 0 Å². The molecule has 1 aliphatic rings. The summed E-state index contributed by atoms with van der Waals surface area (Å²) in [5, 5.41) is 12.5. The lowest BCUT2D eigenvalue weighted by molar-refractivity contribution is 0.0730. The first-order chi connectivity index (χ1) is 12.8. The predicted molar refractivity (Wildman–Crippen MR) is 102 cm³/mol. The fourth-order valence-corrected chi connectivity index (χ4v) is 5.15. The summed E-state index contributed by atoms with van der Waals surface area (Å²) in [5.74, 6) is -0.386. The predicted octanol–water partition coefficient (Wildman–Crippen LogP) is 2.51. The molecule has 1 N–H and O–H groups in total. The van der Waals surface area contributed by atoms with Gasteiger partial charge in [-0.2, -0.15) is 9.57 Å². The van der Waals surface area contributed by atoms with Crippen LogP contribution in [-0.2, 0) is 14.8 Å². The second-order valence-corrected chi connectivity index (χ2v) is 9.26. The number of amides is 1. The number of ether oxygens (including phenoxy) is 1. The number of nitrogens with zero attached hydrogens (tertiary/aromatic N) is 2. The van der Waals surface area contributed by atoms with Gasteiger partial charge in [0.1, 0.15) is 11.1 Å². The first kappa shape index (κ1) is 19.5. The normalized spacial score (nSPS) is 15.3. The van der Waals surface area contributed by atoms with Gasteiger partial charge in [0.15, 0.2) is 0 Å². The molecular weight excluding hydrogens is 386 g/mol. The van der Waals surface area contributed by atoms with Crippen molar-refractivity contribution in [3.05, 3.63) is 45.8 Å². The number of aryl methyl sites for hydroxylation is 1. The van der Waals surface area contributed by atoms with E-state index in [-0.39, 0.29) is 10.8 Å². The highest BCUT2D eigenvalue weighted by Gasteiger charge is 2.26. The van der Waals surface area contributed by atoms with Crippen molar-refractivity contribution >= 4 is 32.3 Å². The van der Waals surface area contributed by atoms with Crippen LogP contribution in [0.2, 0.25) is 0 Å². The molecule has 1 saturated heterocycles. The molecule has 1 aliphatic heterocycles. The number of hydrogen-bond donors (Lipinski definition) is 1. The minimum Gasteiger partial charge on any atom is -0.379 e. The Morgan fingerprint density at radius 3 is 2.44 bits per heavy atom. The van der Waals surface area contributed by atoms with E-state index in [0.717, 1.165) is 10.4 Å². The molecule has 1 aromatic carbocycles. The standard InChI is InChI=1S/C18H19N3O4S2/c1-12-13(2)26-18(16(12)11-19)20-17(22)14-3-5-15(6-4-14)27(23,24)21-7-9-25-10-8-21/h3-6H,7-10H2,1-2H3,(H,20,22). The third kappa shape index (κ3) is 3.89. The van der Waals surface area contributed by atoms with Crippen LogP contribution < -0.4 is 5.32 Å². The lowest BCUT2D eigenvalue weighted by Crippen LogP contribution is -2.40. The maximum Gasteiger partial charge on any atom is 0.256 e. The van der Waals surface area contributed by atoms with Gasteiger partial charge in [-0.1, -0.05) is 0 Å². The molecule has 1 aromatic heterocycles. The first-order valence-corrected chi connectivity index (χ1v) is 10.6. The van der Waals surface area contributed by atoms with Gasteiger partial charge in [0, 0.05) is 23.5 Å². The molecule has 0 radical (unpaired) electrons. The smallest absolute Gasteiger partial charge is 0.256 e. The molecule has 3 rings (SSSR count). The Kier molecular flexibility index (Phi) is 5.62. The summed E-state index contributed by atoms with van der Waals surface area (Å²) in [6, 6.07) is 7.91. The Morgan fingerprint density at radius 1 is 1.22 bits per heavy atom. The molecule has 9 heteroatoms. The molecule has 2 heterocycles. The van der Waals surface area contributed by atoms with E-state index in [1.54, 1.807) is 0 Å². The molecule has 27 heavy (non-hydrogen) atoms. The fraction of sp³-hybridized carbons (Fsp3) is 0.333. The number of rotatable bonds is 4. The van der Waals surface area contributed by atoms with Crippen molar-refractivity contribution in [2.45, 2.75) is 18.7 Å². The Hall–Kier alpha value is -2.25. The zero-order valence-corrected chi connectivity index (χ0v) is 16.6. The molecule has 0 bridgehead atoms. The van der Waals surface area contributed by atoms with E-state index in [1.165, 1.54) is 39.9 Å². The summed E-state index contributed by atoms with van der Waals surface area (Å²) in [4.78, 5) is 13.6. The zero-order valence-electron chi connectivity index (χ0n) is 15.0. The van der Waals surface area contributed by atoms with Gasteiger partial charge in [-0.15, -0.1) is 11.3 Å². The zero-order chi connectivity index (χ0) is 19.6. The number of carbonyl (C=O) groups is 1. The van der Waals surface area contributed by atoms with Crippen molar-refractivity contribution in [1.82, 2.24) is 4.31 Å². The van der Waals surface area contributed by atoms with Crippen molar-refractivity contribution in [3.63, 3.8) is 0 Å². The highest BCUT2D eigenvalue weighted by Crippen LogP contribution is 2.32. The van der Waals surface area contributed by atoms with Gasteiger partial charge in [-0.05, 0) is 43.7 Å². The molecular formula is C18H19N3O4S2. The number of sulfonamides is 1. The maximum atomic E-state index is 12.6. The van der Waals surface area contributed by atoms with Crippen LogP contribution in [-0.4, -0.2) is 44.9 Å². The number of benzene rings is 1. The van der Waals surface area contributed by atoms with Crippen LogP contribution in [0, 0.1) is 25.2 Å². The molecule has 142 valence electrons. The van der Waals surface area contributed by atoms with Crippen molar-refractivity contribution in [1.29, 1.82) is 5.26 Å². The Bertz CT molecular complexity index is 998. The van der Waals surface area contributed by atoms with Crippen molar-refractivity contribution in [3.8, 4) is 6.07 Å². The van der Waals surface area contributed by atoms with Crippen LogP contribution in [0.5, 0.6) is 0 Å².